The average molecular weight is 794 g/mol. The Labute approximate surface area is 360 Å². The van der Waals surface area contributed by atoms with Crippen molar-refractivity contribution in [2.45, 2.75) is 13.3 Å². The number of nitriles is 1. The zero-order valence-corrected chi connectivity index (χ0v) is 34.1. The summed E-state index contributed by atoms with van der Waals surface area (Å²) >= 11 is 0. The van der Waals surface area contributed by atoms with Gasteiger partial charge in [-0.3, -0.25) is 0 Å². The molecule has 3 aromatic heterocycles. The molecule has 0 spiro atoms. The van der Waals surface area contributed by atoms with Crippen LogP contribution in [0.4, 0.5) is 0 Å². The van der Waals surface area contributed by atoms with Gasteiger partial charge < -0.3 is 4.57 Å². The number of fused-ring (bicyclic) bond motifs is 5. The van der Waals surface area contributed by atoms with Gasteiger partial charge in [0, 0.05) is 44.1 Å². The van der Waals surface area contributed by atoms with Gasteiger partial charge in [0.25, 0.3) is 0 Å². The molecule has 0 radical (unpaired) electrons. The van der Waals surface area contributed by atoms with Gasteiger partial charge >= 0.3 is 0 Å². The van der Waals surface area contributed by atoms with E-state index in [2.05, 4.69) is 187 Å². The van der Waals surface area contributed by atoms with Gasteiger partial charge in [0.2, 0.25) is 0 Å². The Morgan fingerprint density at radius 1 is 0.548 bits per heavy atom. The van der Waals surface area contributed by atoms with Crippen LogP contribution >= 0.6 is 0 Å². The summed E-state index contributed by atoms with van der Waals surface area (Å²) in [5, 5.41) is 13.2. The van der Waals surface area contributed by atoms with E-state index in [-0.39, 0.29) is 0 Å². The van der Waals surface area contributed by atoms with E-state index in [1.54, 1.807) is 0 Å². The number of rotatable bonds is 7. The molecule has 10 aromatic rings. The molecular weight excluding hydrogens is 755 g/mol. The van der Waals surface area contributed by atoms with E-state index in [9.17, 15) is 5.26 Å². The van der Waals surface area contributed by atoms with Gasteiger partial charge in [-0.1, -0.05) is 165 Å². The molecular formula is C57H39N5. The fourth-order valence-electron chi connectivity index (χ4n) is 8.91. The third kappa shape index (κ3) is 6.65. The summed E-state index contributed by atoms with van der Waals surface area (Å²) in [4.78, 5) is 15.5. The number of para-hydroxylation sites is 3. The molecule has 1 aliphatic rings. The Morgan fingerprint density at radius 2 is 1.18 bits per heavy atom. The van der Waals surface area contributed by atoms with Crippen molar-refractivity contribution in [3.63, 3.8) is 0 Å². The van der Waals surface area contributed by atoms with Crippen LogP contribution in [-0.4, -0.2) is 19.5 Å². The molecule has 11 rings (SSSR count). The van der Waals surface area contributed by atoms with Crippen molar-refractivity contribution in [3.8, 4) is 68.0 Å². The monoisotopic (exact) mass is 793 g/mol. The molecule has 62 heavy (non-hydrogen) atoms. The highest BCUT2D eigenvalue weighted by Crippen LogP contribution is 2.41. The molecule has 0 bridgehead atoms. The Hall–Kier alpha value is -8.20. The predicted molar refractivity (Wildman–Crippen MR) is 254 cm³/mol. The summed E-state index contributed by atoms with van der Waals surface area (Å²) in [7, 11) is 0. The minimum atomic E-state index is 0.520. The maximum atomic E-state index is 9.68. The van der Waals surface area contributed by atoms with E-state index in [0.29, 0.717) is 17.3 Å². The van der Waals surface area contributed by atoms with E-state index >= 15 is 0 Å². The molecule has 7 aromatic carbocycles. The van der Waals surface area contributed by atoms with Crippen LogP contribution in [0, 0.1) is 17.2 Å². The molecule has 1 unspecified atom stereocenters. The Kier molecular flexibility index (Phi) is 9.17. The summed E-state index contributed by atoms with van der Waals surface area (Å²) in [6.07, 6.45) is 7.63. The minimum Gasteiger partial charge on any atom is -0.307 e. The van der Waals surface area contributed by atoms with Crippen molar-refractivity contribution < 1.29 is 0 Å². The number of hydrogen-bond donors (Lipinski definition) is 0. The molecule has 0 N–H and O–H groups in total. The van der Waals surface area contributed by atoms with E-state index < -0.39 is 0 Å². The number of allylic oxidation sites excluding steroid dienone is 4. The van der Waals surface area contributed by atoms with Crippen molar-refractivity contribution in [2.75, 3.05) is 0 Å². The quantitative estimate of drug-likeness (QED) is 0.161. The van der Waals surface area contributed by atoms with Crippen LogP contribution < -0.4 is 0 Å². The van der Waals surface area contributed by atoms with Gasteiger partial charge in [0.1, 0.15) is 0 Å². The molecule has 1 aliphatic carbocycles. The Balaban J connectivity index is 0.963. The first-order chi connectivity index (χ1) is 30.6. The van der Waals surface area contributed by atoms with Crippen LogP contribution in [0.25, 0.3) is 100 Å². The summed E-state index contributed by atoms with van der Waals surface area (Å²) in [6, 6.07) is 65.5. The standard InChI is InChI=1S/C57H39N5/c1-37-11-9-13-45(33-37)41-25-31-44(32-26-41)57-60-51(35-52(61-57)46-14-10-12-38(34-46)36-58)42-27-21-39(22-28-42)40-23-29-43(30-24-40)55-56-54(48-17-5-7-19-50(48)59-55)49-18-6-8-20-53(49)62(56)47-15-3-2-4-16-47/h2-32,34-35,37H,33H2,1H3. The van der Waals surface area contributed by atoms with Crippen LogP contribution in [-0.2, 0) is 0 Å². The molecule has 5 nitrogen and oxygen atoms in total. The largest absolute Gasteiger partial charge is 0.307 e. The molecule has 292 valence electrons. The number of nitrogens with zero attached hydrogens (tertiary/aromatic N) is 5. The maximum Gasteiger partial charge on any atom is 0.160 e. The second-order valence-electron chi connectivity index (χ2n) is 16.0. The number of hydrogen-bond acceptors (Lipinski definition) is 4. The number of benzene rings is 7. The van der Waals surface area contributed by atoms with Crippen LogP contribution in [0.2, 0.25) is 0 Å². The molecule has 1 atom stereocenters. The van der Waals surface area contributed by atoms with Crippen LogP contribution in [0.3, 0.4) is 0 Å². The lowest BCUT2D eigenvalue weighted by Crippen LogP contribution is -1.98. The van der Waals surface area contributed by atoms with Gasteiger partial charge in [-0.15, -0.1) is 0 Å². The highest BCUT2D eigenvalue weighted by molar-refractivity contribution is 6.23. The first kappa shape index (κ1) is 36.8. The SMILES string of the molecule is CC1C=CC=C(c2ccc(-c3nc(-c4ccc(-c5ccc(-c6nc7ccccc7c7c8ccccc8n(-c8ccccc8)c67)cc5)cc4)cc(-c4cccc(C#N)c4)n3)cc2)C1. The summed E-state index contributed by atoms with van der Waals surface area (Å²) < 4.78 is 2.36. The third-order valence-corrected chi connectivity index (χ3v) is 12.0. The lowest BCUT2D eigenvalue weighted by atomic mass is 9.91. The summed E-state index contributed by atoms with van der Waals surface area (Å²) in [6.45, 7) is 2.25. The van der Waals surface area contributed by atoms with Crippen molar-refractivity contribution in [2.24, 2.45) is 5.92 Å². The Morgan fingerprint density at radius 3 is 1.92 bits per heavy atom. The first-order valence-electron chi connectivity index (χ1n) is 21.0. The van der Waals surface area contributed by atoms with Gasteiger partial charge in [0.15, 0.2) is 5.82 Å². The Bertz CT molecular complexity index is 3420. The average Bonchev–Trinajstić information content (AvgIpc) is 3.70. The fourth-order valence-corrected chi connectivity index (χ4v) is 8.91. The molecule has 5 heteroatoms. The van der Waals surface area contributed by atoms with Gasteiger partial charge in [-0.25, -0.2) is 15.0 Å². The topological polar surface area (TPSA) is 67.4 Å². The zero-order chi connectivity index (χ0) is 41.6. The van der Waals surface area contributed by atoms with Gasteiger partial charge in [-0.05, 0) is 77.1 Å². The van der Waals surface area contributed by atoms with Crippen molar-refractivity contribution in [1.82, 2.24) is 19.5 Å². The van der Waals surface area contributed by atoms with Crippen molar-refractivity contribution >= 4 is 38.3 Å². The van der Waals surface area contributed by atoms with E-state index in [0.717, 1.165) is 84.5 Å². The molecule has 0 amide bonds. The summed E-state index contributed by atoms with van der Waals surface area (Å²) in [5.74, 6) is 1.16. The highest BCUT2D eigenvalue weighted by atomic mass is 15.0. The predicted octanol–water partition coefficient (Wildman–Crippen LogP) is 14.3. The zero-order valence-electron chi connectivity index (χ0n) is 34.1. The minimum absolute atomic E-state index is 0.520. The lowest BCUT2D eigenvalue weighted by molar-refractivity contribution is 0.749. The second-order valence-corrected chi connectivity index (χ2v) is 16.0. The first-order valence-corrected chi connectivity index (χ1v) is 21.0. The smallest absolute Gasteiger partial charge is 0.160 e. The molecule has 0 aliphatic heterocycles. The van der Waals surface area contributed by atoms with Crippen molar-refractivity contribution in [1.29, 1.82) is 5.26 Å². The van der Waals surface area contributed by atoms with E-state index in [1.807, 2.05) is 30.3 Å². The lowest BCUT2D eigenvalue weighted by Gasteiger charge is -2.15. The molecule has 0 saturated heterocycles. The highest BCUT2D eigenvalue weighted by Gasteiger charge is 2.21. The third-order valence-electron chi connectivity index (χ3n) is 12.0. The molecule has 0 fully saturated rings. The van der Waals surface area contributed by atoms with Crippen LogP contribution in [0.1, 0.15) is 24.5 Å². The molecule has 3 heterocycles. The van der Waals surface area contributed by atoms with E-state index in [4.69, 9.17) is 15.0 Å². The normalized spacial score (nSPS) is 13.7. The number of pyridine rings is 1. The van der Waals surface area contributed by atoms with Gasteiger partial charge in [-0.2, -0.15) is 5.26 Å². The van der Waals surface area contributed by atoms with Crippen molar-refractivity contribution in [3.05, 3.63) is 211 Å². The van der Waals surface area contributed by atoms with Crippen LogP contribution in [0.15, 0.2) is 200 Å². The number of aromatic nitrogens is 4. The van der Waals surface area contributed by atoms with Crippen LogP contribution in [0.5, 0.6) is 0 Å². The van der Waals surface area contributed by atoms with Gasteiger partial charge in [0.05, 0.1) is 45.3 Å². The maximum absolute atomic E-state index is 9.68. The molecule has 0 saturated carbocycles. The fraction of sp³-hybridized carbons (Fsp3) is 0.0526. The van der Waals surface area contributed by atoms with E-state index in [1.165, 1.54) is 21.9 Å². The summed E-state index contributed by atoms with van der Waals surface area (Å²) in [5.41, 5.74) is 16.0. The second kappa shape index (κ2) is 15.4.